The maximum absolute atomic E-state index is 12.1. The van der Waals surface area contributed by atoms with E-state index in [9.17, 15) is 4.79 Å². The van der Waals surface area contributed by atoms with Crippen LogP contribution >= 0.6 is 0 Å². The van der Waals surface area contributed by atoms with Gasteiger partial charge in [-0.25, -0.2) is 4.98 Å². The maximum atomic E-state index is 12.1. The quantitative estimate of drug-likeness (QED) is 0.785. The molecular weight excluding hydrogens is 324 g/mol. The molecule has 0 saturated carbocycles. The van der Waals surface area contributed by atoms with Crippen LogP contribution in [0.5, 0.6) is 0 Å². The van der Waals surface area contributed by atoms with Gasteiger partial charge in [0, 0.05) is 25.6 Å². The van der Waals surface area contributed by atoms with Crippen LogP contribution in [0.25, 0.3) is 11.3 Å². The van der Waals surface area contributed by atoms with Gasteiger partial charge in [0.05, 0.1) is 23.8 Å². The summed E-state index contributed by atoms with van der Waals surface area (Å²) >= 11 is 0. The molecule has 0 fully saturated rings. The van der Waals surface area contributed by atoms with Crippen LogP contribution in [-0.2, 0) is 17.8 Å². The van der Waals surface area contributed by atoms with Gasteiger partial charge in [0.15, 0.2) is 0 Å². The molecular formula is C21H20N4O. The van der Waals surface area contributed by atoms with Crippen molar-refractivity contribution in [3.05, 3.63) is 72.1 Å². The molecule has 3 aromatic rings. The van der Waals surface area contributed by atoms with E-state index >= 15 is 0 Å². The summed E-state index contributed by atoms with van der Waals surface area (Å²) in [4.78, 5) is 22.9. The molecule has 5 nitrogen and oxygen atoms in total. The Morgan fingerprint density at radius 1 is 1.04 bits per heavy atom. The van der Waals surface area contributed by atoms with Gasteiger partial charge in [-0.1, -0.05) is 48.5 Å². The molecule has 0 saturated heterocycles. The summed E-state index contributed by atoms with van der Waals surface area (Å²) in [7, 11) is 1.83. The predicted molar refractivity (Wildman–Crippen MR) is 103 cm³/mol. The molecule has 0 spiro atoms. The Morgan fingerprint density at radius 3 is 2.73 bits per heavy atom. The van der Waals surface area contributed by atoms with Crippen LogP contribution in [-0.4, -0.2) is 22.9 Å². The monoisotopic (exact) mass is 344 g/mol. The van der Waals surface area contributed by atoms with Crippen molar-refractivity contribution in [1.29, 1.82) is 0 Å². The molecule has 1 aliphatic heterocycles. The third kappa shape index (κ3) is 3.16. The number of fused-ring (bicyclic) bond motifs is 1. The average molecular weight is 344 g/mol. The Labute approximate surface area is 152 Å². The smallest absolute Gasteiger partial charge is 0.227 e. The summed E-state index contributed by atoms with van der Waals surface area (Å²) in [6.45, 7) is 0.685. The minimum absolute atomic E-state index is 0.135. The van der Waals surface area contributed by atoms with Crippen LogP contribution < -0.4 is 10.2 Å². The lowest BCUT2D eigenvalue weighted by Gasteiger charge is -2.28. The van der Waals surface area contributed by atoms with E-state index < -0.39 is 0 Å². The standard InChI is InChI=1S/C21H20N4O/c1-25-20(26)11-10-16-8-5-9-17(21(16)25)18-13-22-14-19(24-18)23-12-15-6-3-2-4-7-15/h2-9,13-14H,10-12H2,1H3,(H,23,24). The van der Waals surface area contributed by atoms with Crippen molar-refractivity contribution < 1.29 is 4.79 Å². The van der Waals surface area contributed by atoms with Crippen molar-refractivity contribution in [1.82, 2.24) is 9.97 Å². The Bertz CT molecular complexity index is 940. The third-order valence-corrected chi connectivity index (χ3v) is 4.66. The first-order valence-electron chi connectivity index (χ1n) is 8.71. The van der Waals surface area contributed by atoms with E-state index in [0.29, 0.717) is 18.8 Å². The van der Waals surface area contributed by atoms with E-state index in [4.69, 9.17) is 4.98 Å². The summed E-state index contributed by atoms with van der Waals surface area (Å²) in [6.07, 6.45) is 4.79. The molecule has 0 atom stereocenters. The number of benzene rings is 2. The van der Waals surface area contributed by atoms with E-state index in [1.165, 1.54) is 11.1 Å². The molecule has 0 radical (unpaired) electrons. The van der Waals surface area contributed by atoms with Gasteiger partial charge in [-0.2, -0.15) is 0 Å². The number of hydrogen-bond acceptors (Lipinski definition) is 4. The summed E-state index contributed by atoms with van der Waals surface area (Å²) in [5.41, 5.74) is 5.00. The van der Waals surface area contributed by atoms with Crippen molar-refractivity contribution in [3.63, 3.8) is 0 Å². The third-order valence-electron chi connectivity index (χ3n) is 4.66. The van der Waals surface area contributed by atoms with Gasteiger partial charge < -0.3 is 10.2 Å². The number of nitrogens with one attached hydrogen (secondary N) is 1. The zero-order valence-electron chi connectivity index (χ0n) is 14.6. The second kappa shape index (κ2) is 6.96. The molecule has 0 unspecified atom stereocenters. The SMILES string of the molecule is CN1C(=O)CCc2cccc(-c3cncc(NCc4ccccc4)n3)c21. The Balaban J connectivity index is 1.64. The second-order valence-corrected chi connectivity index (χ2v) is 6.39. The second-order valence-electron chi connectivity index (χ2n) is 6.39. The number of aromatic nitrogens is 2. The number of rotatable bonds is 4. The molecule has 0 bridgehead atoms. The first-order valence-corrected chi connectivity index (χ1v) is 8.71. The van der Waals surface area contributed by atoms with E-state index in [-0.39, 0.29) is 5.91 Å². The number of carbonyl (C=O) groups is 1. The molecule has 1 aromatic heterocycles. The summed E-state index contributed by atoms with van der Waals surface area (Å²) < 4.78 is 0. The lowest BCUT2D eigenvalue weighted by Crippen LogP contribution is -2.31. The highest BCUT2D eigenvalue weighted by molar-refractivity contribution is 6.00. The van der Waals surface area contributed by atoms with Gasteiger partial charge in [-0.05, 0) is 17.5 Å². The molecule has 2 aromatic carbocycles. The number of hydrogen-bond donors (Lipinski definition) is 1. The van der Waals surface area contributed by atoms with Crippen molar-refractivity contribution in [2.24, 2.45) is 0 Å². The normalized spacial score (nSPS) is 13.4. The highest BCUT2D eigenvalue weighted by atomic mass is 16.2. The van der Waals surface area contributed by atoms with Crippen molar-refractivity contribution in [2.75, 3.05) is 17.3 Å². The number of amides is 1. The van der Waals surface area contributed by atoms with Crippen LogP contribution in [0, 0.1) is 0 Å². The van der Waals surface area contributed by atoms with Crippen molar-refractivity contribution in [3.8, 4) is 11.3 Å². The Hall–Kier alpha value is -3.21. The van der Waals surface area contributed by atoms with Gasteiger partial charge in [0.1, 0.15) is 5.82 Å². The molecule has 2 heterocycles. The van der Waals surface area contributed by atoms with Gasteiger partial charge in [0.2, 0.25) is 5.91 Å². The predicted octanol–water partition coefficient (Wildman–Crippen LogP) is 3.66. The molecule has 1 aliphatic rings. The van der Waals surface area contributed by atoms with E-state index in [0.717, 1.165) is 23.4 Å². The molecule has 4 rings (SSSR count). The lowest BCUT2D eigenvalue weighted by molar-refractivity contribution is -0.118. The molecule has 0 aliphatic carbocycles. The zero-order valence-corrected chi connectivity index (χ0v) is 14.6. The highest BCUT2D eigenvalue weighted by Gasteiger charge is 2.24. The lowest BCUT2D eigenvalue weighted by atomic mass is 9.96. The van der Waals surface area contributed by atoms with Gasteiger partial charge in [-0.15, -0.1) is 0 Å². The number of nitrogens with zero attached hydrogens (tertiary/aromatic N) is 3. The van der Waals surface area contributed by atoms with Crippen LogP contribution in [0.3, 0.4) is 0 Å². The van der Waals surface area contributed by atoms with Crippen LogP contribution in [0.15, 0.2) is 60.9 Å². The summed E-state index contributed by atoms with van der Waals surface area (Å²) in [5, 5.41) is 3.32. The van der Waals surface area contributed by atoms with E-state index in [2.05, 4.69) is 28.5 Å². The van der Waals surface area contributed by atoms with Gasteiger partial charge >= 0.3 is 0 Å². The van der Waals surface area contributed by atoms with Crippen molar-refractivity contribution in [2.45, 2.75) is 19.4 Å². The molecule has 1 N–H and O–H groups in total. The number of aryl methyl sites for hydroxylation is 1. The zero-order chi connectivity index (χ0) is 17.9. The summed E-state index contributed by atoms with van der Waals surface area (Å²) in [5.74, 6) is 0.852. The van der Waals surface area contributed by atoms with E-state index in [1.54, 1.807) is 17.3 Å². The minimum atomic E-state index is 0.135. The van der Waals surface area contributed by atoms with Gasteiger partial charge in [-0.3, -0.25) is 9.78 Å². The van der Waals surface area contributed by atoms with Crippen LogP contribution in [0.2, 0.25) is 0 Å². The Morgan fingerprint density at radius 2 is 1.88 bits per heavy atom. The molecule has 1 amide bonds. The van der Waals surface area contributed by atoms with Gasteiger partial charge in [0.25, 0.3) is 0 Å². The number of carbonyl (C=O) groups excluding carboxylic acids is 1. The largest absolute Gasteiger partial charge is 0.365 e. The molecule has 26 heavy (non-hydrogen) atoms. The highest BCUT2D eigenvalue weighted by Crippen LogP contribution is 2.36. The van der Waals surface area contributed by atoms with Crippen molar-refractivity contribution >= 4 is 17.4 Å². The fraction of sp³-hybridized carbons (Fsp3) is 0.190. The molecule has 5 heteroatoms. The fourth-order valence-corrected chi connectivity index (χ4v) is 3.30. The average Bonchev–Trinajstić information content (AvgIpc) is 2.70. The first kappa shape index (κ1) is 16.3. The van der Waals surface area contributed by atoms with E-state index in [1.807, 2.05) is 37.4 Å². The summed E-state index contributed by atoms with van der Waals surface area (Å²) in [6, 6.07) is 16.3. The topological polar surface area (TPSA) is 58.1 Å². The first-order chi connectivity index (χ1) is 12.7. The minimum Gasteiger partial charge on any atom is -0.365 e. The van der Waals surface area contributed by atoms with Crippen LogP contribution in [0.1, 0.15) is 17.5 Å². The van der Waals surface area contributed by atoms with Crippen LogP contribution in [0.4, 0.5) is 11.5 Å². The molecule has 130 valence electrons. The maximum Gasteiger partial charge on any atom is 0.227 e. The number of para-hydroxylation sites is 1. The Kier molecular flexibility index (Phi) is 4.35. The fourth-order valence-electron chi connectivity index (χ4n) is 3.30. The number of anilines is 2.